The van der Waals surface area contributed by atoms with Gasteiger partial charge in [-0.05, 0) is 19.1 Å². The van der Waals surface area contributed by atoms with Crippen LogP contribution in [-0.4, -0.2) is 31.9 Å². The fraction of sp³-hybridized carbons (Fsp3) is 0.182. The standard InChI is InChI=1S/C11H10FN3O3/c1-7(10(16)17)18-11-13-6-15(14-11)9-5-3-2-4-8(9)12/h2-7H,1H3,(H,16,17). The number of hydrogen-bond donors (Lipinski definition) is 1. The van der Waals surface area contributed by atoms with E-state index in [1.165, 1.54) is 30.1 Å². The fourth-order valence-electron chi connectivity index (χ4n) is 1.26. The number of hydrogen-bond acceptors (Lipinski definition) is 4. The predicted octanol–water partition coefficient (Wildman–Crippen LogP) is 1.26. The molecule has 1 heterocycles. The molecular formula is C11H10FN3O3. The van der Waals surface area contributed by atoms with Gasteiger partial charge in [-0.25, -0.2) is 13.9 Å². The van der Waals surface area contributed by atoms with Gasteiger partial charge in [0.15, 0.2) is 6.10 Å². The Balaban J connectivity index is 2.21. The molecular weight excluding hydrogens is 241 g/mol. The maximum Gasteiger partial charge on any atom is 0.344 e. The molecule has 0 radical (unpaired) electrons. The van der Waals surface area contributed by atoms with Gasteiger partial charge in [0, 0.05) is 0 Å². The maximum absolute atomic E-state index is 13.5. The van der Waals surface area contributed by atoms with E-state index in [1.807, 2.05) is 0 Å². The van der Waals surface area contributed by atoms with Crippen molar-refractivity contribution in [1.82, 2.24) is 14.8 Å². The zero-order valence-corrected chi connectivity index (χ0v) is 9.45. The Bertz CT molecular complexity index is 570. The average Bonchev–Trinajstić information content (AvgIpc) is 2.77. The van der Waals surface area contributed by atoms with E-state index in [1.54, 1.807) is 12.1 Å². The summed E-state index contributed by atoms with van der Waals surface area (Å²) in [5, 5.41) is 12.5. The van der Waals surface area contributed by atoms with E-state index in [0.29, 0.717) is 0 Å². The van der Waals surface area contributed by atoms with Gasteiger partial charge in [0.1, 0.15) is 17.8 Å². The Morgan fingerprint density at radius 3 is 2.89 bits per heavy atom. The molecule has 2 rings (SSSR count). The first-order valence-electron chi connectivity index (χ1n) is 5.14. The van der Waals surface area contributed by atoms with E-state index in [4.69, 9.17) is 9.84 Å². The number of para-hydroxylation sites is 1. The summed E-state index contributed by atoms with van der Waals surface area (Å²) in [4.78, 5) is 14.3. The summed E-state index contributed by atoms with van der Waals surface area (Å²) in [5.74, 6) is -1.59. The number of aliphatic carboxylic acids is 1. The van der Waals surface area contributed by atoms with Crippen molar-refractivity contribution in [3.8, 4) is 11.7 Å². The Morgan fingerprint density at radius 2 is 2.22 bits per heavy atom. The molecule has 2 aromatic rings. The normalized spacial score (nSPS) is 12.1. The third-order valence-corrected chi connectivity index (χ3v) is 2.20. The van der Waals surface area contributed by atoms with Gasteiger partial charge in [-0.3, -0.25) is 0 Å². The van der Waals surface area contributed by atoms with Gasteiger partial charge in [0.2, 0.25) is 0 Å². The van der Waals surface area contributed by atoms with Crippen molar-refractivity contribution in [2.24, 2.45) is 0 Å². The highest BCUT2D eigenvalue weighted by atomic mass is 19.1. The maximum atomic E-state index is 13.5. The van der Waals surface area contributed by atoms with Crippen molar-refractivity contribution in [1.29, 1.82) is 0 Å². The number of ether oxygens (including phenoxy) is 1. The molecule has 1 atom stereocenters. The monoisotopic (exact) mass is 251 g/mol. The topological polar surface area (TPSA) is 77.2 Å². The number of halogens is 1. The van der Waals surface area contributed by atoms with Gasteiger partial charge in [-0.1, -0.05) is 12.1 Å². The van der Waals surface area contributed by atoms with Crippen LogP contribution in [0.4, 0.5) is 4.39 Å². The van der Waals surface area contributed by atoms with Crippen molar-refractivity contribution in [2.45, 2.75) is 13.0 Å². The number of carboxylic acid groups (broad SMARTS) is 1. The van der Waals surface area contributed by atoms with Gasteiger partial charge >= 0.3 is 12.0 Å². The van der Waals surface area contributed by atoms with Gasteiger partial charge in [0.05, 0.1) is 0 Å². The van der Waals surface area contributed by atoms with E-state index in [9.17, 15) is 9.18 Å². The molecule has 7 heteroatoms. The quantitative estimate of drug-likeness (QED) is 0.885. The molecule has 1 unspecified atom stereocenters. The SMILES string of the molecule is CC(Oc1ncn(-c2ccccc2F)n1)C(=O)O. The minimum Gasteiger partial charge on any atom is -0.479 e. The summed E-state index contributed by atoms with van der Waals surface area (Å²) >= 11 is 0. The first-order valence-corrected chi connectivity index (χ1v) is 5.14. The van der Waals surface area contributed by atoms with Crippen LogP contribution in [0.5, 0.6) is 6.01 Å². The molecule has 0 aliphatic heterocycles. The van der Waals surface area contributed by atoms with E-state index < -0.39 is 17.9 Å². The van der Waals surface area contributed by atoms with E-state index >= 15 is 0 Å². The summed E-state index contributed by atoms with van der Waals surface area (Å²) in [7, 11) is 0. The first kappa shape index (κ1) is 12.0. The largest absolute Gasteiger partial charge is 0.479 e. The van der Waals surface area contributed by atoms with E-state index in [-0.39, 0.29) is 11.7 Å². The minimum absolute atomic E-state index is 0.117. The second kappa shape index (κ2) is 4.82. The van der Waals surface area contributed by atoms with E-state index in [0.717, 1.165) is 0 Å². The van der Waals surface area contributed by atoms with Crippen LogP contribution in [0.1, 0.15) is 6.92 Å². The highest BCUT2D eigenvalue weighted by Gasteiger charge is 2.15. The van der Waals surface area contributed by atoms with Crippen LogP contribution in [0, 0.1) is 5.82 Å². The number of nitrogens with zero attached hydrogens (tertiary/aromatic N) is 3. The molecule has 0 spiro atoms. The summed E-state index contributed by atoms with van der Waals surface area (Å²) < 4.78 is 19.6. The molecule has 0 saturated heterocycles. The lowest BCUT2D eigenvalue weighted by Crippen LogP contribution is -2.23. The van der Waals surface area contributed by atoms with E-state index in [2.05, 4.69) is 10.1 Å². The first-order chi connectivity index (χ1) is 8.58. The van der Waals surface area contributed by atoms with Crippen LogP contribution in [0.2, 0.25) is 0 Å². The van der Waals surface area contributed by atoms with Crippen molar-refractivity contribution in [3.63, 3.8) is 0 Å². The highest BCUT2D eigenvalue weighted by molar-refractivity contribution is 5.72. The zero-order chi connectivity index (χ0) is 13.1. The number of rotatable bonds is 4. The van der Waals surface area contributed by atoms with Crippen molar-refractivity contribution in [3.05, 3.63) is 36.4 Å². The van der Waals surface area contributed by atoms with Crippen molar-refractivity contribution < 1.29 is 19.0 Å². The average molecular weight is 251 g/mol. The predicted molar refractivity (Wildman–Crippen MR) is 59.0 cm³/mol. The lowest BCUT2D eigenvalue weighted by atomic mass is 10.3. The Morgan fingerprint density at radius 1 is 1.50 bits per heavy atom. The van der Waals surface area contributed by atoms with Gasteiger partial charge in [-0.2, -0.15) is 4.98 Å². The molecule has 0 bridgehead atoms. The molecule has 0 saturated carbocycles. The molecule has 94 valence electrons. The Kier molecular flexibility index (Phi) is 3.22. The lowest BCUT2D eigenvalue weighted by molar-refractivity contribution is -0.144. The number of carbonyl (C=O) groups is 1. The third kappa shape index (κ3) is 2.45. The molecule has 6 nitrogen and oxygen atoms in total. The molecule has 1 N–H and O–H groups in total. The minimum atomic E-state index is -1.13. The fourth-order valence-corrected chi connectivity index (χ4v) is 1.26. The molecule has 18 heavy (non-hydrogen) atoms. The molecule has 1 aromatic carbocycles. The summed E-state index contributed by atoms with van der Waals surface area (Å²) in [6.45, 7) is 1.35. The van der Waals surface area contributed by atoms with Crippen LogP contribution in [0.25, 0.3) is 5.69 Å². The lowest BCUT2D eigenvalue weighted by Gasteiger charge is -2.05. The van der Waals surface area contributed by atoms with Gasteiger partial charge < -0.3 is 9.84 Å². The van der Waals surface area contributed by atoms with Crippen LogP contribution in [0.3, 0.4) is 0 Å². The van der Waals surface area contributed by atoms with Crippen LogP contribution in [0.15, 0.2) is 30.6 Å². The molecule has 0 fully saturated rings. The smallest absolute Gasteiger partial charge is 0.344 e. The summed E-state index contributed by atoms with van der Waals surface area (Å²) in [6.07, 6.45) is 0.184. The highest BCUT2D eigenvalue weighted by Crippen LogP contribution is 2.13. The second-order valence-electron chi connectivity index (χ2n) is 3.52. The van der Waals surface area contributed by atoms with Gasteiger partial charge in [-0.15, -0.1) is 5.10 Å². The van der Waals surface area contributed by atoms with Crippen LogP contribution in [-0.2, 0) is 4.79 Å². The Labute approximate surface area is 102 Å². The second-order valence-corrected chi connectivity index (χ2v) is 3.52. The van der Waals surface area contributed by atoms with Gasteiger partial charge in [0.25, 0.3) is 0 Å². The van der Waals surface area contributed by atoms with Crippen LogP contribution < -0.4 is 4.74 Å². The van der Waals surface area contributed by atoms with Crippen LogP contribution >= 0.6 is 0 Å². The Hall–Kier alpha value is -2.44. The molecule has 0 aliphatic rings. The number of aromatic nitrogens is 3. The molecule has 1 aromatic heterocycles. The number of benzene rings is 1. The molecule has 0 amide bonds. The van der Waals surface area contributed by atoms with Crippen molar-refractivity contribution in [2.75, 3.05) is 0 Å². The third-order valence-electron chi connectivity index (χ3n) is 2.20. The summed E-state index contributed by atoms with van der Waals surface area (Å²) in [6, 6.07) is 5.90. The molecule has 0 aliphatic carbocycles. The zero-order valence-electron chi connectivity index (χ0n) is 9.45. The van der Waals surface area contributed by atoms with Crippen molar-refractivity contribution >= 4 is 5.97 Å². The number of carboxylic acids is 1. The summed E-state index contributed by atoms with van der Waals surface area (Å²) in [5.41, 5.74) is 0.211.